The average Bonchev–Trinajstić information content (AvgIpc) is 3.14. The Balaban J connectivity index is 1.85. The molecule has 1 amide bonds. The van der Waals surface area contributed by atoms with Gasteiger partial charge in [-0.1, -0.05) is 26.0 Å². The number of methoxy groups -OCH3 is 1. The number of para-hydroxylation sites is 1. The number of carbonyl (C=O) groups is 3. The van der Waals surface area contributed by atoms with Gasteiger partial charge >= 0.3 is 11.9 Å². The van der Waals surface area contributed by atoms with E-state index < -0.39 is 24.5 Å². The lowest BCUT2D eigenvalue weighted by Crippen LogP contribution is -2.22. The van der Waals surface area contributed by atoms with Crippen LogP contribution >= 0.6 is 11.3 Å². The molecule has 1 heterocycles. The Morgan fingerprint density at radius 2 is 1.93 bits per heavy atom. The van der Waals surface area contributed by atoms with Crippen LogP contribution in [0.25, 0.3) is 0 Å². The van der Waals surface area contributed by atoms with E-state index >= 15 is 0 Å². The van der Waals surface area contributed by atoms with Crippen molar-refractivity contribution in [2.24, 2.45) is 5.92 Å². The van der Waals surface area contributed by atoms with Crippen LogP contribution in [-0.2, 0) is 14.3 Å². The van der Waals surface area contributed by atoms with Gasteiger partial charge in [-0.15, -0.1) is 11.3 Å². The summed E-state index contributed by atoms with van der Waals surface area (Å²) >= 11 is 1.30. The molecule has 2 rings (SSSR count). The van der Waals surface area contributed by atoms with Gasteiger partial charge in [0.05, 0.1) is 18.4 Å². The smallest absolute Gasteiger partial charge is 0.358 e. The number of esters is 2. The Labute approximate surface area is 167 Å². The molecule has 28 heavy (non-hydrogen) atoms. The van der Waals surface area contributed by atoms with Crippen LogP contribution in [0.15, 0.2) is 29.6 Å². The van der Waals surface area contributed by atoms with E-state index in [4.69, 9.17) is 4.74 Å². The van der Waals surface area contributed by atoms with Crippen LogP contribution in [0.3, 0.4) is 0 Å². The van der Waals surface area contributed by atoms with Crippen molar-refractivity contribution in [1.29, 1.82) is 0 Å². The van der Waals surface area contributed by atoms with Crippen molar-refractivity contribution in [3.63, 3.8) is 0 Å². The second-order valence-electron chi connectivity index (χ2n) is 6.31. The molecule has 1 aromatic carbocycles. The largest absolute Gasteiger partial charge is 0.465 e. The Morgan fingerprint density at radius 1 is 1.18 bits per heavy atom. The second kappa shape index (κ2) is 10.4. The molecule has 0 saturated carbocycles. The summed E-state index contributed by atoms with van der Waals surface area (Å²) in [4.78, 5) is 40.0. The summed E-state index contributed by atoms with van der Waals surface area (Å²) in [5.41, 5.74) is 0.627. The van der Waals surface area contributed by atoms with Crippen molar-refractivity contribution < 1.29 is 23.9 Å². The van der Waals surface area contributed by atoms with Gasteiger partial charge in [-0.25, -0.2) is 14.6 Å². The number of thiazole rings is 1. The highest BCUT2D eigenvalue weighted by Crippen LogP contribution is 2.17. The summed E-state index contributed by atoms with van der Waals surface area (Å²) < 4.78 is 9.66. The number of hydrogen-bond acceptors (Lipinski definition) is 8. The van der Waals surface area contributed by atoms with Crippen molar-refractivity contribution in [3.05, 3.63) is 40.9 Å². The Kier molecular flexibility index (Phi) is 7.94. The summed E-state index contributed by atoms with van der Waals surface area (Å²) in [5, 5.41) is 7.88. The molecule has 0 fully saturated rings. The molecular weight excluding hydrogens is 382 g/mol. The fourth-order valence-electron chi connectivity index (χ4n) is 2.19. The fourth-order valence-corrected chi connectivity index (χ4v) is 2.90. The molecule has 0 unspecified atom stereocenters. The maximum atomic E-state index is 12.1. The quantitative estimate of drug-likeness (QED) is 0.617. The minimum atomic E-state index is -0.690. The minimum Gasteiger partial charge on any atom is -0.465 e. The highest BCUT2D eigenvalue weighted by atomic mass is 32.1. The lowest BCUT2D eigenvalue weighted by Gasteiger charge is -2.09. The van der Waals surface area contributed by atoms with Crippen LogP contribution in [0, 0.1) is 5.92 Å². The van der Waals surface area contributed by atoms with E-state index in [1.54, 1.807) is 23.6 Å². The summed E-state index contributed by atoms with van der Waals surface area (Å²) in [7, 11) is 1.25. The molecule has 0 aliphatic carbocycles. The maximum Gasteiger partial charge on any atom is 0.358 e. The molecule has 0 aliphatic heterocycles. The zero-order valence-corrected chi connectivity index (χ0v) is 16.8. The summed E-state index contributed by atoms with van der Waals surface area (Å²) in [5.74, 6) is -1.27. The van der Waals surface area contributed by atoms with Crippen molar-refractivity contribution in [1.82, 2.24) is 4.98 Å². The Morgan fingerprint density at radius 3 is 2.64 bits per heavy atom. The van der Waals surface area contributed by atoms with E-state index in [9.17, 15) is 14.4 Å². The molecule has 1 aromatic heterocycles. The zero-order chi connectivity index (χ0) is 20.5. The molecule has 2 aromatic rings. The number of rotatable bonds is 9. The average molecular weight is 405 g/mol. The number of hydrogen-bond donors (Lipinski definition) is 2. The van der Waals surface area contributed by atoms with E-state index in [2.05, 4.69) is 34.2 Å². The number of amides is 1. The number of carbonyl (C=O) groups excluding carboxylic acids is 3. The standard InChI is InChI=1S/C19H23N3O5S/c1-12(2)8-9-20-19-22-15(11-28-19)18(25)27-10-16(23)21-14-7-5-4-6-13(14)17(24)26-3/h4-7,11-12H,8-10H2,1-3H3,(H,20,22)(H,21,23). The number of benzene rings is 1. The normalized spacial score (nSPS) is 10.4. The third kappa shape index (κ3) is 6.34. The van der Waals surface area contributed by atoms with Crippen LogP contribution < -0.4 is 10.6 Å². The van der Waals surface area contributed by atoms with E-state index in [0.717, 1.165) is 13.0 Å². The third-order valence-corrected chi connectivity index (χ3v) is 4.45. The topological polar surface area (TPSA) is 107 Å². The van der Waals surface area contributed by atoms with Crippen LogP contribution in [-0.4, -0.2) is 43.1 Å². The van der Waals surface area contributed by atoms with Crippen LogP contribution in [0.1, 0.15) is 41.1 Å². The van der Waals surface area contributed by atoms with Crippen LogP contribution in [0.5, 0.6) is 0 Å². The molecule has 0 bridgehead atoms. The SMILES string of the molecule is COC(=O)c1ccccc1NC(=O)COC(=O)c1csc(NCCC(C)C)n1. The minimum absolute atomic E-state index is 0.139. The molecule has 0 radical (unpaired) electrons. The molecular formula is C19H23N3O5S. The van der Waals surface area contributed by atoms with Gasteiger partial charge in [0.15, 0.2) is 17.4 Å². The van der Waals surface area contributed by atoms with E-state index in [0.29, 0.717) is 11.0 Å². The number of anilines is 2. The molecule has 0 saturated heterocycles. The predicted octanol–water partition coefficient (Wildman–Crippen LogP) is 3.18. The van der Waals surface area contributed by atoms with Gasteiger partial charge in [-0.05, 0) is 24.5 Å². The molecule has 0 aliphatic rings. The van der Waals surface area contributed by atoms with Gasteiger partial charge in [0.2, 0.25) is 0 Å². The number of ether oxygens (including phenoxy) is 2. The van der Waals surface area contributed by atoms with Crippen LogP contribution in [0.2, 0.25) is 0 Å². The number of nitrogens with zero attached hydrogens (tertiary/aromatic N) is 1. The van der Waals surface area contributed by atoms with E-state index in [-0.39, 0.29) is 16.9 Å². The van der Waals surface area contributed by atoms with Gasteiger partial charge in [0.25, 0.3) is 5.91 Å². The first kappa shape index (κ1) is 21.4. The van der Waals surface area contributed by atoms with Gasteiger partial charge in [0, 0.05) is 11.9 Å². The van der Waals surface area contributed by atoms with Crippen molar-refractivity contribution in [2.45, 2.75) is 20.3 Å². The number of nitrogens with one attached hydrogen (secondary N) is 2. The first-order valence-electron chi connectivity index (χ1n) is 8.74. The first-order valence-corrected chi connectivity index (χ1v) is 9.62. The van der Waals surface area contributed by atoms with Crippen molar-refractivity contribution >= 4 is 40.0 Å². The van der Waals surface area contributed by atoms with E-state index in [1.807, 2.05) is 0 Å². The fraction of sp³-hybridized carbons (Fsp3) is 0.368. The third-order valence-electron chi connectivity index (χ3n) is 3.65. The molecule has 0 spiro atoms. The molecule has 0 atom stereocenters. The monoisotopic (exact) mass is 405 g/mol. The Hall–Kier alpha value is -2.94. The highest BCUT2D eigenvalue weighted by Gasteiger charge is 2.16. The lowest BCUT2D eigenvalue weighted by atomic mass is 10.1. The van der Waals surface area contributed by atoms with Gasteiger partial charge in [0.1, 0.15) is 0 Å². The van der Waals surface area contributed by atoms with Gasteiger partial charge in [-0.3, -0.25) is 4.79 Å². The van der Waals surface area contributed by atoms with Gasteiger partial charge < -0.3 is 20.1 Å². The lowest BCUT2D eigenvalue weighted by molar-refractivity contribution is -0.119. The maximum absolute atomic E-state index is 12.1. The highest BCUT2D eigenvalue weighted by molar-refractivity contribution is 7.13. The summed E-state index contributed by atoms with van der Waals surface area (Å²) in [6, 6.07) is 6.40. The van der Waals surface area contributed by atoms with Crippen molar-refractivity contribution in [2.75, 3.05) is 30.9 Å². The zero-order valence-electron chi connectivity index (χ0n) is 16.0. The molecule has 2 N–H and O–H groups in total. The number of aromatic nitrogens is 1. The van der Waals surface area contributed by atoms with E-state index in [1.165, 1.54) is 24.5 Å². The molecule has 8 nitrogen and oxygen atoms in total. The summed E-state index contributed by atoms with van der Waals surface area (Å²) in [6.45, 7) is 4.52. The second-order valence-corrected chi connectivity index (χ2v) is 7.17. The Bertz CT molecular complexity index is 834. The first-order chi connectivity index (χ1) is 13.4. The molecule has 150 valence electrons. The summed E-state index contributed by atoms with van der Waals surface area (Å²) in [6.07, 6.45) is 0.993. The predicted molar refractivity (Wildman–Crippen MR) is 107 cm³/mol. The van der Waals surface area contributed by atoms with Gasteiger partial charge in [-0.2, -0.15) is 0 Å². The van der Waals surface area contributed by atoms with Crippen LogP contribution in [0.4, 0.5) is 10.8 Å². The van der Waals surface area contributed by atoms with Crippen molar-refractivity contribution in [3.8, 4) is 0 Å². The molecule has 9 heteroatoms.